The molecule has 0 aromatic heterocycles. The molecule has 5 rings (SSSR count). The summed E-state index contributed by atoms with van der Waals surface area (Å²) in [6.45, 7) is 0. The summed E-state index contributed by atoms with van der Waals surface area (Å²) >= 11 is 0. The lowest BCUT2D eigenvalue weighted by atomic mass is 9.56. The molecule has 3 aromatic rings. The highest BCUT2D eigenvalue weighted by atomic mass is 14.7. The molecular weight excluding hydrogens is 380 g/mol. The van der Waals surface area contributed by atoms with Crippen molar-refractivity contribution >= 4 is 21.5 Å². The molecule has 2 atom stereocenters. The summed E-state index contributed by atoms with van der Waals surface area (Å²) in [5.74, 6) is -0.564. The molecule has 4 nitrogen and oxygen atoms in total. The molecule has 3 aromatic carbocycles. The number of fused-ring (bicyclic) bond motifs is 3. The first-order valence-electron chi connectivity index (χ1n) is 10.5. The molecule has 0 unspecified atom stereocenters. The van der Waals surface area contributed by atoms with Crippen LogP contribution in [0.5, 0.6) is 0 Å². The van der Waals surface area contributed by atoms with E-state index < -0.39 is 11.3 Å². The van der Waals surface area contributed by atoms with E-state index in [-0.39, 0.29) is 11.6 Å². The molecule has 0 spiro atoms. The van der Waals surface area contributed by atoms with Crippen molar-refractivity contribution in [2.24, 2.45) is 17.1 Å². The molecular formula is C27H20N4. The van der Waals surface area contributed by atoms with Gasteiger partial charge in [-0.15, -0.1) is 0 Å². The van der Waals surface area contributed by atoms with Gasteiger partial charge in [0.2, 0.25) is 0 Å². The second-order valence-electron chi connectivity index (χ2n) is 8.34. The molecule has 2 aliphatic carbocycles. The summed E-state index contributed by atoms with van der Waals surface area (Å²) in [4.78, 5) is 0. The van der Waals surface area contributed by atoms with E-state index in [0.717, 1.165) is 51.9 Å². The van der Waals surface area contributed by atoms with Gasteiger partial charge in [0.1, 0.15) is 6.07 Å². The molecule has 148 valence electrons. The first kappa shape index (κ1) is 18.9. The van der Waals surface area contributed by atoms with Crippen molar-refractivity contribution in [3.63, 3.8) is 0 Å². The summed E-state index contributed by atoms with van der Waals surface area (Å²) in [5.41, 5.74) is 7.17. The van der Waals surface area contributed by atoms with Crippen LogP contribution in [0, 0.1) is 45.3 Å². The van der Waals surface area contributed by atoms with Crippen LogP contribution in [0.2, 0.25) is 0 Å². The Hall–Kier alpha value is -4.07. The van der Waals surface area contributed by atoms with Gasteiger partial charge >= 0.3 is 0 Å². The maximum atomic E-state index is 10.4. The quantitative estimate of drug-likeness (QED) is 0.539. The maximum Gasteiger partial charge on any atom is 0.191 e. The fourth-order valence-electron chi connectivity index (χ4n) is 5.57. The Bertz CT molecular complexity index is 1350. The summed E-state index contributed by atoms with van der Waals surface area (Å²) in [6, 6.07) is 25.1. The topological polar surface area (TPSA) is 97.4 Å². The summed E-state index contributed by atoms with van der Waals surface area (Å²) in [6.07, 6.45) is 4.73. The molecule has 0 radical (unpaired) electrons. The summed E-state index contributed by atoms with van der Waals surface area (Å²) < 4.78 is 0. The lowest BCUT2D eigenvalue weighted by molar-refractivity contribution is 0.321. The fourth-order valence-corrected chi connectivity index (χ4v) is 5.57. The highest BCUT2D eigenvalue weighted by molar-refractivity contribution is 6.03. The predicted molar refractivity (Wildman–Crippen MR) is 120 cm³/mol. The average Bonchev–Trinajstić information content (AvgIpc) is 2.82. The van der Waals surface area contributed by atoms with Crippen LogP contribution in [0.15, 0.2) is 77.5 Å². The van der Waals surface area contributed by atoms with Crippen LogP contribution in [0.4, 0.5) is 0 Å². The van der Waals surface area contributed by atoms with Crippen molar-refractivity contribution in [2.45, 2.75) is 25.2 Å². The molecule has 2 N–H and O–H groups in total. The molecule has 2 aliphatic rings. The van der Waals surface area contributed by atoms with Crippen LogP contribution >= 0.6 is 0 Å². The van der Waals surface area contributed by atoms with Crippen molar-refractivity contribution in [2.75, 3.05) is 0 Å². The molecule has 0 aliphatic heterocycles. The van der Waals surface area contributed by atoms with Gasteiger partial charge in [-0.25, -0.2) is 0 Å². The van der Waals surface area contributed by atoms with Gasteiger partial charge in [0.25, 0.3) is 0 Å². The molecule has 0 heterocycles. The third kappa shape index (κ3) is 2.51. The van der Waals surface area contributed by atoms with Gasteiger partial charge in [-0.1, -0.05) is 54.6 Å². The second-order valence-corrected chi connectivity index (χ2v) is 8.34. The van der Waals surface area contributed by atoms with E-state index >= 15 is 0 Å². The van der Waals surface area contributed by atoms with E-state index in [2.05, 4.69) is 54.6 Å². The van der Waals surface area contributed by atoms with E-state index in [1.54, 1.807) is 0 Å². The lowest BCUT2D eigenvalue weighted by Crippen LogP contribution is -2.42. The van der Waals surface area contributed by atoms with Gasteiger partial charge in [-0.2, -0.15) is 15.8 Å². The minimum absolute atomic E-state index is 0.0893. The van der Waals surface area contributed by atoms with E-state index in [9.17, 15) is 15.8 Å². The Kier molecular flexibility index (Phi) is 4.28. The van der Waals surface area contributed by atoms with Gasteiger partial charge in [0.15, 0.2) is 5.41 Å². The SMILES string of the molecule is N#CC1=C(N)C(C#N)(C#N)[C@H](c2c3ccccc3cc3ccccc23)[C@@H]2CCCC=C12. The third-order valence-corrected chi connectivity index (χ3v) is 6.92. The van der Waals surface area contributed by atoms with Crippen molar-refractivity contribution in [3.8, 4) is 18.2 Å². The summed E-state index contributed by atoms with van der Waals surface area (Å²) in [7, 11) is 0. The third-order valence-electron chi connectivity index (χ3n) is 6.92. The van der Waals surface area contributed by atoms with E-state index in [1.807, 2.05) is 24.3 Å². The van der Waals surface area contributed by atoms with Gasteiger partial charge in [-0.3, -0.25) is 0 Å². The van der Waals surface area contributed by atoms with Crippen LogP contribution in [-0.4, -0.2) is 0 Å². The standard InChI is InChI=1S/C27H20N4/c28-14-23-21-11-5-6-12-22(21)25(27(15-29,16-30)26(23)31)24-19-9-3-1-7-17(19)13-18-8-2-4-10-20(18)24/h1-4,7-11,13,22,25H,5-6,12,31H2/t22-,25+/m1/s1. The molecule has 0 bridgehead atoms. The average molecular weight is 400 g/mol. The number of nitrogens with two attached hydrogens (primary N) is 1. The molecule has 0 amide bonds. The normalized spacial score (nSPS) is 22.2. The van der Waals surface area contributed by atoms with Crippen molar-refractivity contribution in [1.29, 1.82) is 15.8 Å². The first-order chi connectivity index (χ1) is 15.2. The van der Waals surface area contributed by atoms with Crippen LogP contribution in [0.1, 0.15) is 30.7 Å². The minimum Gasteiger partial charge on any atom is -0.399 e. The lowest BCUT2D eigenvalue weighted by Gasteiger charge is -2.44. The first-order valence-corrected chi connectivity index (χ1v) is 10.5. The Morgan fingerprint density at radius 3 is 2.10 bits per heavy atom. The number of allylic oxidation sites excluding steroid dienone is 4. The molecule has 31 heavy (non-hydrogen) atoms. The van der Waals surface area contributed by atoms with Gasteiger partial charge in [0, 0.05) is 5.92 Å². The summed E-state index contributed by atoms with van der Waals surface area (Å²) in [5, 5.41) is 34.8. The Labute approximate surface area is 181 Å². The van der Waals surface area contributed by atoms with Gasteiger partial charge in [0.05, 0.1) is 23.4 Å². The highest BCUT2D eigenvalue weighted by Gasteiger charge is 2.54. The second kappa shape index (κ2) is 7.02. The Balaban J connectivity index is 1.97. The van der Waals surface area contributed by atoms with Crippen molar-refractivity contribution in [3.05, 3.63) is 83.1 Å². The Morgan fingerprint density at radius 2 is 1.52 bits per heavy atom. The van der Waals surface area contributed by atoms with Crippen LogP contribution < -0.4 is 5.73 Å². The largest absolute Gasteiger partial charge is 0.399 e. The number of rotatable bonds is 1. The van der Waals surface area contributed by atoms with E-state index in [1.165, 1.54) is 0 Å². The number of nitrogens with zero attached hydrogens (tertiary/aromatic N) is 3. The monoisotopic (exact) mass is 400 g/mol. The van der Waals surface area contributed by atoms with E-state index in [0.29, 0.717) is 5.57 Å². The van der Waals surface area contributed by atoms with Gasteiger partial charge in [-0.05, 0) is 63.9 Å². The zero-order valence-electron chi connectivity index (χ0n) is 17.0. The number of benzene rings is 3. The highest BCUT2D eigenvalue weighted by Crippen LogP contribution is 2.57. The van der Waals surface area contributed by atoms with Crippen LogP contribution in [0.25, 0.3) is 21.5 Å². The van der Waals surface area contributed by atoms with E-state index in [4.69, 9.17) is 5.73 Å². The predicted octanol–water partition coefficient (Wildman–Crippen LogP) is 5.59. The molecule has 4 heteroatoms. The number of nitriles is 3. The zero-order chi connectivity index (χ0) is 21.6. The molecule has 0 saturated carbocycles. The Morgan fingerprint density at radius 1 is 0.903 bits per heavy atom. The maximum absolute atomic E-state index is 10.4. The van der Waals surface area contributed by atoms with Crippen LogP contribution in [-0.2, 0) is 0 Å². The van der Waals surface area contributed by atoms with Gasteiger partial charge < -0.3 is 5.73 Å². The number of hydrogen-bond acceptors (Lipinski definition) is 4. The van der Waals surface area contributed by atoms with Crippen molar-refractivity contribution in [1.82, 2.24) is 0 Å². The smallest absolute Gasteiger partial charge is 0.191 e. The fraction of sp³-hybridized carbons (Fsp3) is 0.222. The molecule has 0 fully saturated rings. The minimum atomic E-state index is -1.60. The number of hydrogen-bond donors (Lipinski definition) is 1. The zero-order valence-corrected chi connectivity index (χ0v) is 17.0. The molecule has 0 saturated heterocycles. The van der Waals surface area contributed by atoms with Crippen molar-refractivity contribution < 1.29 is 0 Å². The van der Waals surface area contributed by atoms with Crippen LogP contribution in [0.3, 0.4) is 0 Å².